The number of thiol groups is 1. The maximum Gasteiger partial charge on any atom is 1.00 e. The van der Waals surface area contributed by atoms with Gasteiger partial charge in [-0.3, -0.25) is 0 Å². The van der Waals surface area contributed by atoms with E-state index in [1.54, 1.807) is 0 Å². The Kier molecular flexibility index (Phi) is 11.7. The summed E-state index contributed by atoms with van der Waals surface area (Å²) in [6, 6.07) is 0. The van der Waals surface area contributed by atoms with Crippen molar-refractivity contribution in [3.8, 4) is 0 Å². The summed E-state index contributed by atoms with van der Waals surface area (Å²) in [6.45, 7) is 0.386. The van der Waals surface area contributed by atoms with Gasteiger partial charge in [-0.05, 0) is 19.4 Å². The van der Waals surface area contributed by atoms with E-state index in [9.17, 15) is 18.3 Å². The van der Waals surface area contributed by atoms with Crippen molar-refractivity contribution in [2.75, 3.05) is 12.4 Å². The average Bonchev–Trinajstić information content (AvgIpc) is 1.85. The van der Waals surface area contributed by atoms with Crippen LogP contribution in [0.4, 0.5) is 0 Å². The van der Waals surface area contributed by atoms with Gasteiger partial charge in [0.2, 0.25) is 0 Å². The monoisotopic (exact) mass is 203 g/mol. The van der Waals surface area contributed by atoms with E-state index < -0.39 is 16.7 Å². The largest absolute Gasteiger partial charge is 1.00 e. The Balaban J connectivity index is 0. The van der Waals surface area contributed by atoms with Crippen LogP contribution in [0.15, 0.2) is 0 Å². The number of hydrogen-bond donors (Lipinski definition) is 2. The third-order valence-corrected chi connectivity index (χ3v) is 1.46. The Morgan fingerprint density at radius 3 is 2.42 bits per heavy atom. The third-order valence-electron chi connectivity index (χ3n) is 0.975. The summed E-state index contributed by atoms with van der Waals surface area (Å²) < 4.78 is 19.9. The first-order chi connectivity index (χ1) is 5.13. The predicted octanol–water partition coefficient (Wildman–Crippen LogP) is -5.32. The number of carbonyl (C=O) groups excluding carboxylic acids is 1. The predicted molar refractivity (Wildman–Crippen MR) is 37.4 cm³/mol. The Bertz CT molecular complexity index is 186. The molecule has 1 N–H and O–H groups in total. The number of carbonyl (C=O) groups is 1. The third kappa shape index (κ3) is 13.0. The van der Waals surface area contributed by atoms with Crippen LogP contribution in [0.2, 0.25) is 0 Å². The van der Waals surface area contributed by atoms with Crippen molar-refractivity contribution in [2.45, 2.75) is 12.8 Å². The van der Waals surface area contributed by atoms with Crippen LogP contribution in [0.25, 0.3) is 0 Å². The van der Waals surface area contributed by atoms with Crippen LogP contribution in [-0.4, -0.2) is 26.8 Å². The molecule has 0 saturated heterocycles. The molecule has 0 amide bonds. The fourth-order valence-corrected chi connectivity index (χ4v) is 0.869. The minimum absolute atomic E-state index is 0. The molecule has 0 fully saturated rings. The zero-order chi connectivity index (χ0) is 8.69. The van der Waals surface area contributed by atoms with Crippen molar-refractivity contribution in [3.05, 3.63) is 0 Å². The van der Waals surface area contributed by atoms with Gasteiger partial charge in [0, 0.05) is 5.97 Å². The molecule has 0 aliphatic carbocycles. The van der Waals surface area contributed by atoms with E-state index in [-0.39, 0.29) is 41.9 Å². The van der Waals surface area contributed by atoms with Crippen molar-refractivity contribution in [3.63, 3.8) is 0 Å². The summed E-state index contributed by atoms with van der Waals surface area (Å²) in [5.41, 5.74) is 0. The van der Waals surface area contributed by atoms with Gasteiger partial charge in [-0.25, -0.2) is 8.42 Å². The van der Waals surface area contributed by atoms with Gasteiger partial charge < -0.3 is 15.2 Å². The summed E-state index contributed by atoms with van der Waals surface area (Å²) in [5.74, 6) is -1.21. The molecule has 66 valence electrons. The number of nitrogens with one attached hydrogen (secondary N) is 1. The minimum Gasteiger partial charge on any atom is -0.550 e. The molecule has 0 aliphatic rings. The maximum atomic E-state index is 9.94. The molecule has 0 spiro atoms. The molecule has 0 aliphatic heterocycles. The molecule has 0 unspecified atom stereocenters. The molecule has 0 aromatic carbocycles. The van der Waals surface area contributed by atoms with E-state index in [2.05, 4.69) is 5.32 Å². The van der Waals surface area contributed by atoms with Crippen molar-refractivity contribution >= 4 is 16.7 Å². The van der Waals surface area contributed by atoms with Gasteiger partial charge in [0.15, 0.2) is 10.7 Å². The Hall–Kier alpha value is 0.380. The summed E-state index contributed by atoms with van der Waals surface area (Å²) in [4.78, 5) is 9.84. The first-order valence-electron chi connectivity index (χ1n) is 3.15. The van der Waals surface area contributed by atoms with E-state index in [0.29, 0.717) is 13.0 Å². The van der Waals surface area contributed by atoms with Gasteiger partial charge in [0.1, 0.15) is 0 Å². The molecule has 5 nitrogen and oxygen atoms in total. The maximum absolute atomic E-state index is 9.94. The van der Waals surface area contributed by atoms with Crippen molar-refractivity contribution in [1.82, 2.24) is 5.32 Å². The summed E-state index contributed by atoms with van der Waals surface area (Å²) in [6.07, 6.45) is 0.355. The molecule has 0 radical (unpaired) electrons. The summed E-state index contributed by atoms with van der Waals surface area (Å²) in [5, 5.41) is 12.4. The van der Waals surface area contributed by atoms with Crippen LogP contribution in [0.1, 0.15) is 12.8 Å². The molecule has 0 bridgehead atoms. The van der Waals surface area contributed by atoms with Gasteiger partial charge in [-0.2, -0.15) is 0 Å². The SMILES string of the molecule is O=C([O-])CCCNC[SH](=O)=O.[Na+]. The van der Waals surface area contributed by atoms with Crippen molar-refractivity contribution in [1.29, 1.82) is 0 Å². The van der Waals surface area contributed by atoms with E-state index in [4.69, 9.17) is 0 Å². The van der Waals surface area contributed by atoms with Crippen LogP contribution < -0.4 is 40.0 Å². The molecule has 7 heteroatoms. The Labute approximate surface area is 94.8 Å². The molecule has 0 heterocycles. The van der Waals surface area contributed by atoms with Gasteiger partial charge in [-0.15, -0.1) is 0 Å². The quantitative estimate of drug-likeness (QED) is 0.256. The molecule has 0 saturated carbocycles. The van der Waals surface area contributed by atoms with Gasteiger partial charge >= 0.3 is 29.6 Å². The standard InChI is InChI=1S/C5H11NO4S.Na/c7-5(8)2-1-3-6-4-11(9)10;/h6,11H,1-4H2,(H,7,8);/q;+1/p-1. The van der Waals surface area contributed by atoms with Crippen LogP contribution in [0.5, 0.6) is 0 Å². The first kappa shape index (κ1) is 14.9. The molecule has 0 rings (SSSR count). The first-order valence-corrected chi connectivity index (χ1v) is 4.51. The smallest absolute Gasteiger partial charge is 0.550 e. The van der Waals surface area contributed by atoms with Crippen molar-refractivity contribution in [2.24, 2.45) is 0 Å². The molecular weight excluding hydrogens is 193 g/mol. The zero-order valence-corrected chi connectivity index (χ0v) is 9.80. The van der Waals surface area contributed by atoms with E-state index in [1.807, 2.05) is 0 Å². The van der Waals surface area contributed by atoms with Crippen molar-refractivity contribution < 1.29 is 47.9 Å². The van der Waals surface area contributed by atoms with Gasteiger partial charge in [-0.1, -0.05) is 0 Å². The minimum atomic E-state index is -2.41. The second-order valence-corrected chi connectivity index (χ2v) is 2.95. The molecular formula is C5H10NNaO4S. The number of carboxylic acid groups (broad SMARTS) is 1. The average molecular weight is 203 g/mol. The van der Waals surface area contributed by atoms with Gasteiger partial charge in [0.25, 0.3) is 0 Å². The van der Waals surface area contributed by atoms with Crippen LogP contribution in [0.3, 0.4) is 0 Å². The normalized spacial score (nSPS) is 9.42. The number of rotatable bonds is 6. The van der Waals surface area contributed by atoms with Crippen LogP contribution in [-0.2, 0) is 15.5 Å². The van der Waals surface area contributed by atoms with E-state index >= 15 is 0 Å². The second-order valence-electron chi connectivity index (χ2n) is 1.97. The van der Waals surface area contributed by atoms with E-state index in [0.717, 1.165) is 0 Å². The Morgan fingerprint density at radius 2 is 2.00 bits per heavy atom. The fourth-order valence-electron chi connectivity index (χ4n) is 0.528. The number of aliphatic carboxylic acids is 1. The van der Waals surface area contributed by atoms with Gasteiger partial charge in [0.05, 0.1) is 5.88 Å². The number of carboxylic acids is 1. The molecule has 0 aromatic heterocycles. The summed E-state index contributed by atoms with van der Waals surface area (Å²) >= 11 is 0. The zero-order valence-electron chi connectivity index (χ0n) is 6.91. The topological polar surface area (TPSA) is 86.3 Å². The Morgan fingerprint density at radius 1 is 1.42 bits per heavy atom. The molecule has 0 atom stereocenters. The van der Waals surface area contributed by atoms with Crippen LogP contribution in [0, 0.1) is 0 Å². The van der Waals surface area contributed by atoms with Crippen LogP contribution >= 0.6 is 0 Å². The summed E-state index contributed by atoms with van der Waals surface area (Å²) in [7, 11) is -2.41. The second kappa shape index (κ2) is 9.47. The number of hydrogen-bond acceptors (Lipinski definition) is 5. The molecule has 0 aromatic rings. The van der Waals surface area contributed by atoms with E-state index in [1.165, 1.54) is 0 Å². The fraction of sp³-hybridized carbons (Fsp3) is 0.800. The molecule has 12 heavy (non-hydrogen) atoms.